The number of nitrogens with zero attached hydrogens (tertiary/aromatic N) is 2. The van der Waals surface area contributed by atoms with Crippen LogP contribution in [0, 0.1) is 10.1 Å². The molecule has 9 heteroatoms. The molecule has 19 heavy (non-hydrogen) atoms. The Balaban J connectivity index is 0.00000180. The van der Waals surface area contributed by atoms with Gasteiger partial charge in [0.2, 0.25) is 0 Å². The van der Waals surface area contributed by atoms with Gasteiger partial charge in [-0.05, 0) is 0 Å². The Morgan fingerprint density at radius 3 is 3.00 bits per heavy atom. The molecule has 1 saturated heterocycles. The maximum atomic E-state index is 12.1. The van der Waals surface area contributed by atoms with E-state index in [1.165, 1.54) is 11.4 Å². The fourth-order valence-corrected chi connectivity index (χ4v) is 2.46. The Bertz CT molecular complexity index is 467. The highest BCUT2D eigenvalue weighted by atomic mass is 35.5. The quantitative estimate of drug-likeness (QED) is 0.660. The minimum atomic E-state index is -0.497. The van der Waals surface area contributed by atoms with Crippen molar-refractivity contribution in [1.82, 2.24) is 4.90 Å². The normalized spacial score (nSPS) is 18.8. The van der Waals surface area contributed by atoms with Crippen LogP contribution in [0.2, 0.25) is 0 Å². The Labute approximate surface area is 119 Å². The van der Waals surface area contributed by atoms with Gasteiger partial charge in [-0.1, -0.05) is 11.3 Å². The number of amides is 1. The Morgan fingerprint density at radius 1 is 1.68 bits per heavy atom. The van der Waals surface area contributed by atoms with Crippen molar-refractivity contribution in [3.8, 4) is 0 Å². The molecule has 1 unspecified atom stereocenters. The third-order valence-corrected chi connectivity index (χ3v) is 3.58. The van der Waals surface area contributed by atoms with Crippen molar-refractivity contribution in [2.45, 2.75) is 6.10 Å². The van der Waals surface area contributed by atoms with E-state index in [-0.39, 0.29) is 29.4 Å². The lowest BCUT2D eigenvalue weighted by atomic mass is 10.2. The molecule has 2 rings (SSSR count). The van der Waals surface area contributed by atoms with Crippen LogP contribution in [-0.2, 0) is 4.74 Å². The molecule has 1 amide bonds. The van der Waals surface area contributed by atoms with Gasteiger partial charge in [-0.3, -0.25) is 14.9 Å². The minimum Gasteiger partial charge on any atom is -0.373 e. The van der Waals surface area contributed by atoms with Crippen LogP contribution in [-0.4, -0.2) is 48.1 Å². The number of carbonyl (C=O) groups is 1. The van der Waals surface area contributed by atoms with E-state index in [1.54, 1.807) is 4.90 Å². The van der Waals surface area contributed by atoms with E-state index in [9.17, 15) is 14.9 Å². The van der Waals surface area contributed by atoms with E-state index in [0.717, 1.165) is 11.3 Å². The fourth-order valence-electron chi connectivity index (χ4n) is 1.76. The summed E-state index contributed by atoms with van der Waals surface area (Å²) in [5.74, 6) is -0.207. The van der Waals surface area contributed by atoms with Crippen LogP contribution in [0.4, 0.5) is 5.00 Å². The van der Waals surface area contributed by atoms with Crippen molar-refractivity contribution in [3.05, 3.63) is 27.1 Å². The molecule has 1 fully saturated rings. The summed E-state index contributed by atoms with van der Waals surface area (Å²) in [6, 6.07) is 1.31. The van der Waals surface area contributed by atoms with Crippen LogP contribution >= 0.6 is 23.7 Å². The van der Waals surface area contributed by atoms with Gasteiger partial charge in [0.1, 0.15) is 0 Å². The molecular weight excluding hydrogens is 294 g/mol. The molecule has 0 saturated carbocycles. The zero-order valence-electron chi connectivity index (χ0n) is 9.98. The number of carbonyl (C=O) groups excluding carboxylic acids is 1. The molecule has 0 bridgehead atoms. The van der Waals surface area contributed by atoms with Crippen molar-refractivity contribution in [2.75, 3.05) is 26.2 Å². The van der Waals surface area contributed by atoms with Crippen molar-refractivity contribution < 1.29 is 14.5 Å². The number of morpholine rings is 1. The van der Waals surface area contributed by atoms with Crippen molar-refractivity contribution in [1.29, 1.82) is 0 Å². The van der Waals surface area contributed by atoms with Crippen molar-refractivity contribution in [3.63, 3.8) is 0 Å². The highest BCUT2D eigenvalue weighted by Gasteiger charge is 2.25. The summed E-state index contributed by atoms with van der Waals surface area (Å²) in [6.45, 7) is 1.71. The zero-order valence-corrected chi connectivity index (χ0v) is 11.6. The molecule has 7 nitrogen and oxygen atoms in total. The maximum Gasteiger partial charge on any atom is 0.324 e. The second-order valence-electron chi connectivity index (χ2n) is 3.91. The van der Waals surface area contributed by atoms with E-state index in [1.807, 2.05) is 0 Å². The average molecular weight is 308 g/mol. The molecule has 2 heterocycles. The molecule has 106 valence electrons. The van der Waals surface area contributed by atoms with Gasteiger partial charge >= 0.3 is 5.00 Å². The first-order valence-corrected chi connectivity index (χ1v) is 6.33. The third kappa shape index (κ3) is 3.63. The lowest BCUT2D eigenvalue weighted by molar-refractivity contribution is -0.380. The van der Waals surface area contributed by atoms with Gasteiger partial charge in [0.25, 0.3) is 5.91 Å². The van der Waals surface area contributed by atoms with Crippen molar-refractivity contribution in [2.24, 2.45) is 5.73 Å². The molecule has 1 aromatic heterocycles. The van der Waals surface area contributed by atoms with E-state index in [2.05, 4.69) is 0 Å². The largest absolute Gasteiger partial charge is 0.373 e. The molecule has 0 aromatic carbocycles. The van der Waals surface area contributed by atoms with Crippen molar-refractivity contribution >= 4 is 34.7 Å². The second-order valence-corrected chi connectivity index (χ2v) is 4.80. The first kappa shape index (κ1) is 15.8. The third-order valence-electron chi connectivity index (χ3n) is 2.70. The number of rotatable bonds is 3. The second kappa shape index (κ2) is 6.80. The standard InChI is InChI=1S/C10H13N3O4S.ClH/c11-4-8-5-12(1-2-17-8)10(14)7-3-9(13(15)16)18-6-7;/h3,6,8H,1-2,4-5,11H2;1H. The first-order valence-electron chi connectivity index (χ1n) is 5.45. The monoisotopic (exact) mass is 307 g/mol. The molecule has 1 atom stereocenters. The number of ether oxygens (including phenoxy) is 1. The number of halogens is 1. The van der Waals surface area contributed by atoms with Gasteiger partial charge in [0.15, 0.2) is 0 Å². The summed E-state index contributed by atoms with van der Waals surface area (Å²) in [5, 5.41) is 12.0. The van der Waals surface area contributed by atoms with Gasteiger partial charge in [-0.15, -0.1) is 12.4 Å². The lowest BCUT2D eigenvalue weighted by Crippen LogP contribution is -2.48. The summed E-state index contributed by atoms with van der Waals surface area (Å²) in [5.41, 5.74) is 5.85. The Kier molecular flexibility index (Phi) is 5.67. The van der Waals surface area contributed by atoms with Crippen LogP contribution in [0.25, 0.3) is 0 Å². The number of nitrogens with two attached hydrogens (primary N) is 1. The number of thiophene rings is 1. The van der Waals surface area contributed by atoms with E-state index in [0.29, 0.717) is 31.8 Å². The molecule has 2 N–H and O–H groups in total. The highest BCUT2D eigenvalue weighted by molar-refractivity contribution is 7.13. The topological polar surface area (TPSA) is 98.7 Å². The fraction of sp³-hybridized carbons (Fsp3) is 0.500. The summed E-state index contributed by atoms with van der Waals surface area (Å²) in [6.07, 6.45) is -0.156. The van der Waals surface area contributed by atoms with Gasteiger partial charge in [-0.25, -0.2) is 0 Å². The first-order chi connectivity index (χ1) is 8.61. The average Bonchev–Trinajstić information content (AvgIpc) is 2.87. The Morgan fingerprint density at radius 2 is 2.42 bits per heavy atom. The molecule has 1 aliphatic heterocycles. The predicted octanol–water partition coefficient (Wildman–Crippen LogP) is 0.878. The smallest absolute Gasteiger partial charge is 0.324 e. The maximum absolute atomic E-state index is 12.1. The van der Waals surface area contributed by atoms with Crippen LogP contribution in [0.1, 0.15) is 10.4 Å². The Hall–Kier alpha value is -1.22. The van der Waals surface area contributed by atoms with Crippen LogP contribution in [0.3, 0.4) is 0 Å². The van der Waals surface area contributed by atoms with E-state index >= 15 is 0 Å². The highest BCUT2D eigenvalue weighted by Crippen LogP contribution is 2.24. The van der Waals surface area contributed by atoms with Gasteiger partial charge in [-0.2, -0.15) is 0 Å². The SMILES string of the molecule is Cl.NCC1CN(C(=O)c2csc([N+](=O)[O-])c2)CCO1. The lowest BCUT2D eigenvalue weighted by Gasteiger charge is -2.32. The van der Waals surface area contributed by atoms with Crippen LogP contribution in [0.5, 0.6) is 0 Å². The van der Waals surface area contributed by atoms with Crippen LogP contribution < -0.4 is 5.73 Å². The summed E-state index contributed by atoms with van der Waals surface area (Å²) < 4.78 is 5.36. The number of hydrogen-bond donors (Lipinski definition) is 1. The molecule has 0 radical (unpaired) electrons. The number of hydrogen-bond acceptors (Lipinski definition) is 6. The zero-order chi connectivity index (χ0) is 13.1. The van der Waals surface area contributed by atoms with Gasteiger partial charge in [0.05, 0.1) is 23.2 Å². The summed E-state index contributed by atoms with van der Waals surface area (Å²) in [7, 11) is 0. The number of nitro groups is 1. The molecule has 0 aliphatic carbocycles. The summed E-state index contributed by atoms with van der Waals surface area (Å²) >= 11 is 0.954. The molecule has 1 aromatic rings. The van der Waals surface area contributed by atoms with Crippen LogP contribution in [0.15, 0.2) is 11.4 Å². The van der Waals surface area contributed by atoms with E-state index < -0.39 is 4.92 Å². The molecule has 1 aliphatic rings. The summed E-state index contributed by atoms with van der Waals surface area (Å²) in [4.78, 5) is 23.8. The molecule has 0 spiro atoms. The predicted molar refractivity (Wildman–Crippen MR) is 72.9 cm³/mol. The molecular formula is C10H14ClN3O4S. The minimum absolute atomic E-state index is 0. The van der Waals surface area contributed by atoms with E-state index in [4.69, 9.17) is 10.5 Å². The van der Waals surface area contributed by atoms with Gasteiger partial charge in [0, 0.05) is 31.1 Å². The van der Waals surface area contributed by atoms with Gasteiger partial charge < -0.3 is 15.4 Å².